The normalized spacial score (nSPS) is 11.2. The van der Waals surface area contributed by atoms with E-state index in [1.807, 2.05) is 24.3 Å². The van der Waals surface area contributed by atoms with Crippen molar-refractivity contribution in [3.63, 3.8) is 0 Å². The molecule has 0 aliphatic carbocycles. The average molecular weight is 371 g/mol. The van der Waals surface area contributed by atoms with Crippen LogP contribution < -0.4 is 0 Å². The van der Waals surface area contributed by atoms with Crippen LogP contribution in [-0.4, -0.2) is 20.4 Å². The predicted molar refractivity (Wildman–Crippen MR) is 86.0 cm³/mol. The van der Waals surface area contributed by atoms with Crippen LogP contribution in [0.25, 0.3) is 16.7 Å². The minimum absolute atomic E-state index is 0.509. The van der Waals surface area contributed by atoms with Crippen LogP contribution in [0, 0.1) is 0 Å². The first-order chi connectivity index (χ1) is 9.72. The largest absolute Gasteiger partial charge is 0.295 e. The number of imidazole rings is 1. The minimum Gasteiger partial charge on any atom is -0.295 e. The maximum absolute atomic E-state index is 6.19. The molecule has 3 rings (SSSR count). The van der Waals surface area contributed by atoms with Gasteiger partial charge in [0.15, 0.2) is 0 Å². The average Bonchev–Trinajstić information content (AvgIpc) is 2.80. The Labute approximate surface area is 134 Å². The number of pyridine rings is 1. The zero-order valence-corrected chi connectivity index (χ0v) is 13.5. The van der Waals surface area contributed by atoms with E-state index in [4.69, 9.17) is 23.2 Å². The van der Waals surface area contributed by atoms with E-state index in [-0.39, 0.29) is 0 Å². The maximum Gasteiger partial charge on any atom is 0.115 e. The molecule has 0 amide bonds. The maximum atomic E-state index is 6.19. The number of rotatable bonds is 3. The number of halogens is 3. The van der Waals surface area contributed by atoms with Gasteiger partial charge >= 0.3 is 0 Å². The molecule has 0 aliphatic rings. The molecular formula is C14H10BrCl2N3. The van der Waals surface area contributed by atoms with Gasteiger partial charge in [-0.3, -0.25) is 9.55 Å². The van der Waals surface area contributed by atoms with Crippen molar-refractivity contribution in [3.8, 4) is 5.69 Å². The zero-order valence-electron chi connectivity index (χ0n) is 10.4. The van der Waals surface area contributed by atoms with E-state index in [0.717, 1.165) is 27.0 Å². The third-order valence-electron chi connectivity index (χ3n) is 3.02. The van der Waals surface area contributed by atoms with E-state index < -0.39 is 0 Å². The van der Waals surface area contributed by atoms with E-state index in [9.17, 15) is 0 Å². The predicted octanol–water partition coefficient (Wildman–Crippen LogP) is 4.62. The van der Waals surface area contributed by atoms with Gasteiger partial charge in [0.2, 0.25) is 0 Å². The van der Waals surface area contributed by atoms with Gasteiger partial charge < -0.3 is 0 Å². The number of alkyl halides is 1. The molecule has 3 nitrogen and oxygen atoms in total. The number of benzene rings is 1. The Morgan fingerprint density at radius 3 is 2.90 bits per heavy atom. The van der Waals surface area contributed by atoms with Crippen LogP contribution in [0.2, 0.25) is 5.02 Å². The van der Waals surface area contributed by atoms with Gasteiger partial charge in [-0.05, 0) is 34.1 Å². The van der Waals surface area contributed by atoms with Gasteiger partial charge in [0.05, 0.1) is 26.9 Å². The van der Waals surface area contributed by atoms with Crippen molar-refractivity contribution in [1.82, 2.24) is 14.5 Å². The molecule has 20 heavy (non-hydrogen) atoms. The van der Waals surface area contributed by atoms with Crippen LogP contribution in [0.1, 0.15) is 5.82 Å². The van der Waals surface area contributed by atoms with E-state index in [2.05, 4.69) is 30.5 Å². The summed E-state index contributed by atoms with van der Waals surface area (Å²) in [6.07, 6.45) is 4.18. The molecule has 0 bridgehead atoms. The minimum atomic E-state index is 0.509. The summed E-state index contributed by atoms with van der Waals surface area (Å²) in [6.45, 7) is 0. The Hall–Kier alpha value is -1.10. The van der Waals surface area contributed by atoms with E-state index in [1.165, 1.54) is 0 Å². The fraction of sp³-hybridized carbons (Fsp3) is 0.143. The molecule has 0 N–H and O–H groups in total. The Morgan fingerprint density at radius 2 is 2.10 bits per heavy atom. The first-order valence-electron chi connectivity index (χ1n) is 6.04. The fourth-order valence-corrected chi connectivity index (χ4v) is 2.95. The Balaban J connectivity index is 2.33. The topological polar surface area (TPSA) is 30.7 Å². The van der Waals surface area contributed by atoms with Gasteiger partial charge in [0, 0.05) is 18.5 Å². The lowest BCUT2D eigenvalue weighted by Crippen LogP contribution is -2.03. The lowest BCUT2D eigenvalue weighted by atomic mass is 10.3. The Bertz CT molecular complexity index is 770. The number of aryl methyl sites for hydroxylation is 1. The third kappa shape index (κ3) is 2.32. The number of fused-ring (bicyclic) bond motifs is 1. The highest BCUT2D eigenvalue weighted by atomic mass is 79.9. The molecule has 0 spiro atoms. The second-order valence-corrected chi connectivity index (χ2v) is 5.82. The molecular weight excluding hydrogens is 361 g/mol. The second-order valence-electron chi connectivity index (χ2n) is 4.24. The third-order valence-corrected chi connectivity index (χ3v) is 4.58. The van der Waals surface area contributed by atoms with E-state index in [1.54, 1.807) is 12.4 Å². The molecule has 0 radical (unpaired) electrons. The lowest BCUT2D eigenvalue weighted by molar-refractivity contribution is 0.909. The molecule has 0 unspecified atom stereocenters. The highest BCUT2D eigenvalue weighted by Gasteiger charge is 2.15. The molecule has 6 heteroatoms. The summed E-state index contributed by atoms with van der Waals surface area (Å²) in [6, 6.07) is 7.69. The van der Waals surface area contributed by atoms with E-state index in [0.29, 0.717) is 17.3 Å². The van der Waals surface area contributed by atoms with Crippen molar-refractivity contribution in [2.75, 3.05) is 5.88 Å². The first-order valence-corrected chi connectivity index (χ1v) is 7.74. The Kier molecular flexibility index (Phi) is 3.96. The lowest BCUT2D eigenvalue weighted by Gasteiger charge is -2.11. The number of nitrogens with zero attached hydrogens (tertiary/aromatic N) is 3. The molecule has 1 aromatic carbocycles. The quantitative estimate of drug-likeness (QED) is 0.630. The number of aromatic nitrogens is 3. The van der Waals surface area contributed by atoms with Gasteiger partial charge in [-0.2, -0.15) is 0 Å². The molecule has 2 aromatic heterocycles. The molecule has 0 saturated heterocycles. The van der Waals surface area contributed by atoms with Crippen molar-refractivity contribution in [2.24, 2.45) is 0 Å². The van der Waals surface area contributed by atoms with Crippen molar-refractivity contribution < 1.29 is 0 Å². The molecule has 0 atom stereocenters. The van der Waals surface area contributed by atoms with Crippen molar-refractivity contribution in [3.05, 3.63) is 52.0 Å². The fourth-order valence-electron chi connectivity index (χ4n) is 2.17. The second kappa shape index (κ2) is 5.72. The molecule has 0 aliphatic heterocycles. The van der Waals surface area contributed by atoms with Crippen LogP contribution in [0.3, 0.4) is 0 Å². The van der Waals surface area contributed by atoms with Crippen LogP contribution in [0.15, 0.2) is 41.1 Å². The standard InChI is InChI=1S/C14H10BrCl2N3/c15-14-9(17)2-1-3-12(14)20-11-5-7-18-8-10(11)19-13(20)4-6-16/h1-3,5,7-8H,4,6H2. The molecule has 3 aromatic rings. The summed E-state index contributed by atoms with van der Waals surface area (Å²) < 4.78 is 2.91. The number of hydrogen-bond donors (Lipinski definition) is 0. The summed E-state index contributed by atoms with van der Waals surface area (Å²) in [4.78, 5) is 8.72. The molecule has 102 valence electrons. The summed E-state index contributed by atoms with van der Waals surface area (Å²) in [5.41, 5.74) is 2.79. The van der Waals surface area contributed by atoms with E-state index >= 15 is 0 Å². The van der Waals surface area contributed by atoms with Gasteiger partial charge in [0.25, 0.3) is 0 Å². The van der Waals surface area contributed by atoms with Crippen molar-refractivity contribution >= 4 is 50.2 Å². The van der Waals surface area contributed by atoms with Crippen LogP contribution in [0.5, 0.6) is 0 Å². The number of hydrogen-bond acceptors (Lipinski definition) is 2. The van der Waals surface area contributed by atoms with Crippen molar-refractivity contribution in [1.29, 1.82) is 0 Å². The summed E-state index contributed by atoms with van der Waals surface area (Å²) in [7, 11) is 0. The molecule has 2 heterocycles. The van der Waals surface area contributed by atoms with Crippen LogP contribution in [0.4, 0.5) is 0 Å². The van der Waals surface area contributed by atoms with Gasteiger partial charge in [-0.25, -0.2) is 4.98 Å². The van der Waals surface area contributed by atoms with Crippen LogP contribution >= 0.6 is 39.1 Å². The summed E-state index contributed by atoms with van der Waals surface area (Å²) >= 11 is 15.6. The highest BCUT2D eigenvalue weighted by molar-refractivity contribution is 9.10. The molecule has 0 saturated carbocycles. The Morgan fingerprint density at radius 1 is 1.25 bits per heavy atom. The van der Waals surface area contributed by atoms with Crippen LogP contribution in [-0.2, 0) is 6.42 Å². The first kappa shape index (κ1) is 13.9. The zero-order chi connectivity index (χ0) is 14.1. The summed E-state index contributed by atoms with van der Waals surface area (Å²) in [5, 5.41) is 0.662. The van der Waals surface area contributed by atoms with Gasteiger partial charge in [-0.1, -0.05) is 17.7 Å². The van der Waals surface area contributed by atoms with Gasteiger partial charge in [0.1, 0.15) is 11.3 Å². The SMILES string of the molecule is ClCCc1nc2cnccc2n1-c1cccc(Cl)c1Br. The monoisotopic (exact) mass is 369 g/mol. The molecule has 0 fully saturated rings. The van der Waals surface area contributed by atoms with Gasteiger partial charge in [-0.15, -0.1) is 11.6 Å². The smallest absolute Gasteiger partial charge is 0.115 e. The van der Waals surface area contributed by atoms with Crippen molar-refractivity contribution in [2.45, 2.75) is 6.42 Å². The summed E-state index contributed by atoms with van der Waals surface area (Å²) in [5.74, 6) is 1.40. The highest BCUT2D eigenvalue weighted by Crippen LogP contribution is 2.32.